The minimum Gasteiger partial charge on any atom is -0.465 e. The number of esters is 1. The van der Waals surface area contributed by atoms with Crippen molar-refractivity contribution in [3.05, 3.63) is 29.3 Å². The first kappa shape index (κ1) is 15.0. The van der Waals surface area contributed by atoms with Crippen LogP contribution in [0.5, 0.6) is 0 Å². The zero-order chi connectivity index (χ0) is 15.2. The van der Waals surface area contributed by atoms with Crippen molar-refractivity contribution in [1.82, 2.24) is 5.32 Å². The first-order valence-electron chi connectivity index (χ1n) is 6.96. The molecule has 1 aromatic carbocycles. The Bertz CT molecular complexity index is 569. The van der Waals surface area contributed by atoms with Crippen LogP contribution in [0.25, 0.3) is 0 Å². The number of hydrogen-bond acceptors (Lipinski definition) is 4. The number of carbonyl (C=O) groups is 3. The van der Waals surface area contributed by atoms with Crippen LogP contribution < -0.4 is 10.6 Å². The molecule has 1 aliphatic rings. The SMILES string of the molecule is CCOC(=O)CNC(=O)c1ccc2c(c1)CCCC(=O)N2. The Hall–Kier alpha value is -2.37. The number of carbonyl (C=O) groups excluding carboxylic acids is 3. The number of ether oxygens (including phenoxy) is 1. The molecule has 0 saturated heterocycles. The molecule has 1 aliphatic heterocycles. The second kappa shape index (κ2) is 6.88. The summed E-state index contributed by atoms with van der Waals surface area (Å²) in [6.45, 7) is 1.84. The van der Waals surface area contributed by atoms with Gasteiger partial charge in [0.2, 0.25) is 5.91 Å². The second-order valence-corrected chi connectivity index (χ2v) is 4.76. The number of nitrogens with one attached hydrogen (secondary N) is 2. The van der Waals surface area contributed by atoms with Crippen LogP contribution in [0.15, 0.2) is 18.2 Å². The molecule has 0 radical (unpaired) electrons. The smallest absolute Gasteiger partial charge is 0.325 e. The van der Waals surface area contributed by atoms with Gasteiger partial charge >= 0.3 is 5.97 Å². The van der Waals surface area contributed by atoms with Gasteiger partial charge in [-0.2, -0.15) is 0 Å². The summed E-state index contributed by atoms with van der Waals surface area (Å²) in [5, 5.41) is 5.32. The Morgan fingerprint density at radius 1 is 1.33 bits per heavy atom. The molecule has 21 heavy (non-hydrogen) atoms. The van der Waals surface area contributed by atoms with E-state index in [9.17, 15) is 14.4 Å². The molecule has 2 N–H and O–H groups in total. The summed E-state index contributed by atoms with van der Waals surface area (Å²) in [5.41, 5.74) is 2.15. The summed E-state index contributed by atoms with van der Waals surface area (Å²) >= 11 is 0. The monoisotopic (exact) mass is 290 g/mol. The molecule has 2 amide bonds. The average Bonchev–Trinajstić information content (AvgIpc) is 2.64. The Labute approximate surface area is 122 Å². The van der Waals surface area contributed by atoms with E-state index in [1.807, 2.05) is 0 Å². The Morgan fingerprint density at radius 3 is 2.90 bits per heavy atom. The van der Waals surface area contributed by atoms with Gasteiger partial charge in [-0.25, -0.2) is 0 Å². The van der Waals surface area contributed by atoms with E-state index in [0.717, 1.165) is 24.1 Å². The number of fused-ring (bicyclic) bond motifs is 1. The molecule has 1 aromatic rings. The lowest BCUT2D eigenvalue weighted by molar-refractivity contribution is -0.141. The van der Waals surface area contributed by atoms with Crippen LogP contribution in [0.3, 0.4) is 0 Å². The van der Waals surface area contributed by atoms with E-state index in [-0.39, 0.29) is 25.0 Å². The van der Waals surface area contributed by atoms with Gasteiger partial charge in [0, 0.05) is 17.7 Å². The van der Waals surface area contributed by atoms with E-state index >= 15 is 0 Å². The molecule has 0 aromatic heterocycles. The van der Waals surface area contributed by atoms with Gasteiger partial charge in [0.15, 0.2) is 0 Å². The van der Waals surface area contributed by atoms with Crippen molar-refractivity contribution in [3.8, 4) is 0 Å². The summed E-state index contributed by atoms with van der Waals surface area (Å²) in [7, 11) is 0. The molecule has 0 unspecified atom stereocenters. The molecule has 6 nitrogen and oxygen atoms in total. The first-order valence-corrected chi connectivity index (χ1v) is 6.96. The lowest BCUT2D eigenvalue weighted by Gasteiger charge is -2.09. The lowest BCUT2D eigenvalue weighted by Crippen LogP contribution is -2.30. The number of amides is 2. The highest BCUT2D eigenvalue weighted by Crippen LogP contribution is 2.23. The van der Waals surface area contributed by atoms with Crippen molar-refractivity contribution in [2.75, 3.05) is 18.5 Å². The summed E-state index contributed by atoms with van der Waals surface area (Å²) in [6, 6.07) is 5.10. The van der Waals surface area contributed by atoms with E-state index < -0.39 is 5.97 Å². The largest absolute Gasteiger partial charge is 0.465 e. The maximum absolute atomic E-state index is 12.0. The number of rotatable bonds is 4. The van der Waals surface area contributed by atoms with Crippen molar-refractivity contribution >= 4 is 23.5 Å². The molecule has 0 saturated carbocycles. The third kappa shape index (κ3) is 4.05. The fourth-order valence-corrected chi connectivity index (χ4v) is 2.18. The van der Waals surface area contributed by atoms with Crippen LogP contribution in [0.4, 0.5) is 5.69 Å². The number of aryl methyl sites for hydroxylation is 1. The van der Waals surface area contributed by atoms with Gasteiger partial charge in [0.1, 0.15) is 6.54 Å². The van der Waals surface area contributed by atoms with Crippen molar-refractivity contribution < 1.29 is 19.1 Å². The Balaban J connectivity index is 2.04. The third-order valence-corrected chi connectivity index (χ3v) is 3.19. The normalized spacial score (nSPS) is 13.7. The van der Waals surface area contributed by atoms with Crippen LogP contribution in [-0.4, -0.2) is 30.9 Å². The Morgan fingerprint density at radius 2 is 2.14 bits per heavy atom. The van der Waals surface area contributed by atoms with Crippen LogP contribution in [0.1, 0.15) is 35.7 Å². The topological polar surface area (TPSA) is 84.5 Å². The zero-order valence-electron chi connectivity index (χ0n) is 11.9. The van der Waals surface area contributed by atoms with E-state index in [4.69, 9.17) is 4.74 Å². The second-order valence-electron chi connectivity index (χ2n) is 4.76. The minimum atomic E-state index is -0.465. The zero-order valence-corrected chi connectivity index (χ0v) is 11.9. The van der Waals surface area contributed by atoms with Gasteiger partial charge in [-0.1, -0.05) is 0 Å². The molecule has 0 aliphatic carbocycles. The van der Waals surface area contributed by atoms with Crippen molar-refractivity contribution in [1.29, 1.82) is 0 Å². The predicted octanol–water partition coefficient (Wildman–Crippen LogP) is 1.25. The maximum atomic E-state index is 12.0. The maximum Gasteiger partial charge on any atom is 0.325 e. The summed E-state index contributed by atoms with van der Waals surface area (Å²) in [6.07, 6.45) is 1.98. The fraction of sp³-hybridized carbons (Fsp3) is 0.400. The summed E-state index contributed by atoms with van der Waals surface area (Å²) in [5.74, 6) is -0.803. The van der Waals surface area contributed by atoms with Crippen LogP contribution >= 0.6 is 0 Å². The molecule has 2 rings (SSSR count). The van der Waals surface area contributed by atoms with Gasteiger partial charge in [0.25, 0.3) is 5.91 Å². The number of hydrogen-bond donors (Lipinski definition) is 2. The molecule has 0 atom stereocenters. The predicted molar refractivity (Wildman–Crippen MR) is 77.0 cm³/mol. The van der Waals surface area contributed by atoms with Gasteiger partial charge < -0.3 is 15.4 Å². The average molecular weight is 290 g/mol. The van der Waals surface area contributed by atoms with E-state index in [1.54, 1.807) is 25.1 Å². The van der Waals surface area contributed by atoms with Crippen LogP contribution in [0.2, 0.25) is 0 Å². The van der Waals surface area contributed by atoms with Gasteiger partial charge in [-0.05, 0) is 43.5 Å². The molecule has 0 fully saturated rings. The first-order chi connectivity index (χ1) is 10.1. The highest BCUT2D eigenvalue weighted by Gasteiger charge is 2.15. The molecule has 0 bridgehead atoms. The molecular formula is C15H18N2O4. The standard InChI is InChI=1S/C15H18N2O4/c1-2-21-14(19)9-16-15(20)11-6-7-12-10(8-11)4-3-5-13(18)17-12/h6-8H,2-5,9H2,1H3,(H,16,20)(H,17,18). The van der Waals surface area contributed by atoms with Crippen molar-refractivity contribution in [2.24, 2.45) is 0 Å². The van der Waals surface area contributed by atoms with E-state index in [1.165, 1.54) is 0 Å². The van der Waals surface area contributed by atoms with Crippen LogP contribution in [0, 0.1) is 0 Å². The fourth-order valence-electron chi connectivity index (χ4n) is 2.18. The van der Waals surface area contributed by atoms with E-state index in [0.29, 0.717) is 12.0 Å². The van der Waals surface area contributed by atoms with Crippen molar-refractivity contribution in [2.45, 2.75) is 26.2 Å². The third-order valence-electron chi connectivity index (χ3n) is 3.19. The summed E-state index contributed by atoms with van der Waals surface area (Å²) in [4.78, 5) is 34.7. The number of anilines is 1. The van der Waals surface area contributed by atoms with E-state index in [2.05, 4.69) is 10.6 Å². The molecule has 6 heteroatoms. The quantitative estimate of drug-likeness (QED) is 0.817. The van der Waals surface area contributed by atoms with Crippen LogP contribution in [-0.2, 0) is 20.7 Å². The Kier molecular flexibility index (Phi) is 4.92. The highest BCUT2D eigenvalue weighted by atomic mass is 16.5. The highest BCUT2D eigenvalue weighted by molar-refractivity contribution is 5.98. The lowest BCUT2D eigenvalue weighted by atomic mass is 10.0. The number of benzene rings is 1. The molecule has 0 spiro atoms. The molecule has 112 valence electrons. The minimum absolute atomic E-state index is 0.00624. The van der Waals surface area contributed by atoms with Gasteiger partial charge in [-0.3, -0.25) is 14.4 Å². The molecular weight excluding hydrogens is 272 g/mol. The van der Waals surface area contributed by atoms with Gasteiger partial charge in [-0.15, -0.1) is 0 Å². The summed E-state index contributed by atoms with van der Waals surface area (Å²) < 4.78 is 4.75. The van der Waals surface area contributed by atoms with Crippen molar-refractivity contribution in [3.63, 3.8) is 0 Å². The molecule has 1 heterocycles. The van der Waals surface area contributed by atoms with Gasteiger partial charge in [0.05, 0.1) is 6.61 Å².